The van der Waals surface area contributed by atoms with Crippen LogP contribution in [-0.4, -0.2) is 23.4 Å². The third-order valence-corrected chi connectivity index (χ3v) is 2.50. The molecule has 2 nitrogen and oxygen atoms in total. The summed E-state index contributed by atoms with van der Waals surface area (Å²) in [5.74, 6) is -1.23. The third kappa shape index (κ3) is 2.79. The number of hydrogen-bond donors (Lipinski definition) is 1. The maximum absolute atomic E-state index is 12.5. The summed E-state index contributed by atoms with van der Waals surface area (Å²) < 4.78 is 25.0. The maximum atomic E-state index is 12.5. The molecule has 5 heteroatoms. The van der Waals surface area contributed by atoms with E-state index in [1.165, 1.54) is 6.92 Å². The molecular formula is C8H13ClF2O2. The van der Waals surface area contributed by atoms with Crippen LogP contribution in [0.1, 0.15) is 26.2 Å². The summed E-state index contributed by atoms with van der Waals surface area (Å²) in [6.07, 6.45) is -2.68. The van der Waals surface area contributed by atoms with Gasteiger partial charge in [-0.1, -0.05) is 6.92 Å². The Balaban J connectivity index is 4.55. The van der Waals surface area contributed by atoms with Crippen molar-refractivity contribution >= 4 is 17.6 Å². The van der Waals surface area contributed by atoms with Gasteiger partial charge in [-0.3, -0.25) is 4.79 Å². The van der Waals surface area contributed by atoms with E-state index in [1.54, 1.807) is 0 Å². The third-order valence-electron chi connectivity index (χ3n) is 2.23. The molecule has 0 amide bonds. The van der Waals surface area contributed by atoms with Gasteiger partial charge in [-0.2, -0.15) is 0 Å². The number of carbonyl (C=O) groups is 1. The van der Waals surface area contributed by atoms with Crippen molar-refractivity contribution in [3.05, 3.63) is 0 Å². The van der Waals surface area contributed by atoms with E-state index in [4.69, 9.17) is 16.7 Å². The van der Waals surface area contributed by atoms with E-state index in [0.717, 1.165) is 0 Å². The van der Waals surface area contributed by atoms with Gasteiger partial charge in [0.25, 0.3) is 6.43 Å². The molecule has 0 aliphatic rings. The fourth-order valence-electron chi connectivity index (χ4n) is 1.17. The van der Waals surface area contributed by atoms with Gasteiger partial charge in [-0.15, -0.1) is 11.6 Å². The van der Waals surface area contributed by atoms with Crippen LogP contribution in [0.2, 0.25) is 0 Å². The summed E-state index contributed by atoms with van der Waals surface area (Å²) in [5, 5.41) is 8.70. The molecule has 0 aromatic heterocycles. The highest BCUT2D eigenvalue weighted by Crippen LogP contribution is 2.35. The van der Waals surface area contributed by atoms with Crippen molar-refractivity contribution in [1.29, 1.82) is 0 Å². The number of aliphatic carboxylic acids is 1. The molecule has 1 unspecified atom stereocenters. The molecule has 0 heterocycles. The van der Waals surface area contributed by atoms with Crippen molar-refractivity contribution in [3.63, 3.8) is 0 Å². The first-order valence-electron chi connectivity index (χ1n) is 4.08. The number of rotatable bonds is 6. The number of alkyl halides is 3. The molecule has 0 aromatic carbocycles. The molecule has 1 N–H and O–H groups in total. The predicted octanol–water partition coefficient (Wildman–Crippen LogP) is 2.75. The molecule has 0 spiro atoms. The predicted molar refractivity (Wildman–Crippen MR) is 46.3 cm³/mol. The Kier molecular flexibility index (Phi) is 5.21. The maximum Gasteiger partial charge on any atom is 0.315 e. The van der Waals surface area contributed by atoms with Crippen molar-refractivity contribution in [2.45, 2.75) is 32.6 Å². The first-order chi connectivity index (χ1) is 6.01. The van der Waals surface area contributed by atoms with E-state index < -0.39 is 17.8 Å². The van der Waals surface area contributed by atoms with Crippen LogP contribution in [-0.2, 0) is 4.79 Å². The second kappa shape index (κ2) is 5.37. The Bertz CT molecular complexity index is 176. The summed E-state index contributed by atoms with van der Waals surface area (Å²) in [6, 6.07) is 0. The van der Waals surface area contributed by atoms with Gasteiger partial charge in [0.2, 0.25) is 0 Å². The second-order valence-corrected chi connectivity index (χ2v) is 3.29. The molecule has 0 aliphatic heterocycles. The molecule has 1 atom stereocenters. The Hall–Kier alpha value is -0.380. The topological polar surface area (TPSA) is 37.3 Å². The van der Waals surface area contributed by atoms with Crippen LogP contribution in [0.4, 0.5) is 8.78 Å². The lowest BCUT2D eigenvalue weighted by Crippen LogP contribution is -2.37. The molecule has 0 aromatic rings. The number of carboxylic acid groups (broad SMARTS) is 1. The Morgan fingerprint density at radius 3 is 2.38 bits per heavy atom. The van der Waals surface area contributed by atoms with E-state index in [2.05, 4.69) is 0 Å². The van der Waals surface area contributed by atoms with Crippen molar-refractivity contribution in [1.82, 2.24) is 0 Å². The first-order valence-corrected chi connectivity index (χ1v) is 4.62. The largest absolute Gasteiger partial charge is 0.481 e. The standard InChI is InChI=1S/C8H13ClF2O2/c1-2-8(6(10)11,7(12)13)4-3-5-9/h6H,2-5H2,1H3,(H,12,13). The number of halogens is 3. The van der Waals surface area contributed by atoms with Crippen molar-refractivity contribution in [2.75, 3.05) is 5.88 Å². The van der Waals surface area contributed by atoms with Crippen LogP contribution in [0.25, 0.3) is 0 Å². The van der Waals surface area contributed by atoms with Gasteiger partial charge < -0.3 is 5.11 Å². The second-order valence-electron chi connectivity index (χ2n) is 2.91. The molecule has 0 saturated heterocycles. The monoisotopic (exact) mass is 214 g/mol. The molecule has 0 fully saturated rings. The first kappa shape index (κ1) is 12.6. The fourth-order valence-corrected chi connectivity index (χ4v) is 1.31. The number of hydrogen-bond acceptors (Lipinski definition) is 1. The molecular weight excluding hydrogens is 202 g/mol. The van der Waals surface area contributed by atoms with Crippen LogP contribution in [0.5, 0.6) is 0 Å². The minimum atomic E-state index is -2.83. The van der Waals surface area contributed by atoms with Crippen LogP contribution in [0.15, 0.2) is 0 Å². The molecule has 0 saturated carbocycles. The normalized spacial score (nSPS) is 15.8. The van der Waals surface area contributed by atoms with Gasteiger partial charge in [0.05, 0.1) is 0 Å². The Morgan fingerprint density at radius 2 is 2.15 bits per heavy atom. The SMILES string of the molecule is CCC(CCCCl)(C(=O)O)C(F)F. The van der Waals surface area contributed by atoms with Crippen LogP contribution >= 0.6 is 11.6 Å². The summed E-state index contributed by atoms with van der Waals surface area (Å²) in [6.45, 7) is 1.45. The highest BCUT2D eigenvalue weighted by atomic mass is 35.5. The minimum absolute atomic E-state index is 0.0694. The molecule has 0 bridgehead atoms. The highest BCUT2D eigenvalue weighted by Gasteiger charge is 2.45. The summed E-state index contributed by atoms with van der Waals surface area (Å²) in [5.41, 5.74) is -1.91. The highest BCUT2D eigenvalue weighted by molar-refractivity contribution is 6.17. The zero-order chi connectivity index (χ0) is 10.5. The Labute approximate surface area is 80.9 Å². The van der Waals surface area contributed by atoms with Crippen LogP contribution in [0, 0.1) is 5.41 Å². The molecule has 78 valence electrons. The smallest absolute Gasteiger partial charge is 0.315 e. The molecule has 0 rings (SSSR count). The fraction of sp³-hybridized carbons (Fsp3) is 0.875. The van der Waals surface area contributed by atoms with Crippen molar-refractivity contribution in [3.8, 4) is 0 Å². The summed E-state index contributed by atoms with van der Waals surface area (Å²) in [4.78, 5) is 10.7. The summed E-state index contributed by atoms with van der Waals surface area (Å²) >= 11 is 5.34. The lowest BCUT2D eigenvalue weighted by molar-refractivity contribution is -0.160. The van der Waals surface area contributed by atoms with Gasteiger partial charge in [0.15, 0.2) is 0 Å². The molecule has 0 radical (unpaired) electrons. The quantitative estimate of drug-likeness (QED) is 0.691. The van der Waals surface area contributed by atoms with Crippen LogP contribution in [0.3, 0.4) is 0 Å². The lowest BCUT2D eigenvalue weighted by atomic mass is 9.81. The van der Waals surface area contributed by atoms with E-state index in [0.29, 0.717) is 6.42 Å². The van der Waals surface area contributed by atoms with Gasteiger partial charge in [-0.05, 0) is 19.3 Å². The molecule has 13 heavy (non-hydrogen) atoms. The average molecular weight is 215 g/mol. The van der Waals surface area contributed by atoms with E-state index in [9.17, 15) is 13.6 Å². The van der Waals surface area contributed by atoms with Crippen LogP contribution < -0.4 is 0 Å². The van der Waals surface area contributed by atoms with E-state index in [1.807, 2.05) is 0 Å². The zero-order valence-electron chi connectivity index (χ0n) is 7.40. The lowest BCUT2D eigenvalue weighted by Gasteiger charge is -2.26. The molecule has 0 aliphatic carbocycles. The van der Waals surface area contributed by atoms with Crippen molar-refractivity contribution < 1.29 is 18.7 Å². The minimum Gasteiger partial charge on any atom is -0.481 e. The average Bonchev–Trinajstić information content (AvgIpc) is 2.05. The number of carboxylic acids is 1. The van der Waals surface area contributed by atoms with Gasteiger partial charge >= 0.3 is 5.97 Å². The van der Waals surface area contributed by atoms with Crippen molar-refractivity contribution in [2.24, 2.45) is 5.41 Å². The summed E-state index contributed by atoms with van der Waals surface area (Å²) in [7, 11) is 0. The van der Waals surface area contributed by atoms with Gasteiger partial charge in [0, 0.05) is 5.88 Å². The van der Waals surface area contributed by atoms with Gasteiger partial charge in [0.1, 0.15) is 5.41 Å². The Morgan fingerprint density at radius 1 is 1.62 bits per heavy atom. The van der Waals surface area contributed by atoms with Gasteiger partial charge in [-0.25, -0.2) is 8.78 Å². The van der Waals surface area contributed by atoms with E-state index in [-0.39, 0.29) is 18.7 Å². The zero-order valence-corrected chi connectivity index (χ0v) is 8.15. The van der Waals surface area contributed by atoms with E-state index >= 15 is 0 Å².